The smallest absolute Gasteiger partial charge is 0.326 e. The summed E-state index contributed by atoms with van der Waals surface area (Å²) >= 11 is 0. The molecule has 0 spiro atoms. The summed E-state index contributed by atoms with van der Waals surface area (Å²) in [6, 6.07) is -6.11. The number of nitrogens with two attached hydrogens (primary N) is 3. The first kappa shape index (κ1) is 29.2. The zero-order valence-corrected chi connectivity index (χ0v) is 18.2. The third-order valence-electron chi connectivity index (χ3n) is 4.58. The van der Waals surface area contributed by atoms with Crippen LogP contribution in [0.1, 0.15) is 39.5 Å². The third kappa shape index (κ3) is 10.9. The Kier molecular flexibility index (Phi) is 12.1. The molecule has 11 N–H and O–H groups in total. The summed E-state index contributed by atoms with van der Waals surface area (Å²) < 4.78 is 0. The van der Waals surface area contributed by atoms with E-state index in [9.17, 15) is 33.6 Å². The molecule has 0 aromatic rings. The number of nitrogens with one attached hydrogen (secondary N) is 3. The second kappa shape index (κ2) is 13.6. The van der Waals surface area contributed by atoms with Gasteiger partial charge in [0, 0.05) is 0 Å². The number of carboxylic acids is 2. The van der Waals surface area contributed by atoms with Crippen LogP contribution in [0.15, 0.2) is 0 Å². The molecule has 0 aromatic carbocycles. The molecule has 0 bridgehead atoms. The summed E-state index contributed by atoms with van der Waals surface area (Å²) in [4.78, 5) is 81.8. The predicted molar refractivity (Wildman–Crippen MR) is 111 cm³/mol. The van der Waals surface area contributed by atoms with Gasteiger partial charge in [-0.3, -0.25) is 28.8 Å². The van der Waals surface area contributed by atoms with Gasteiger partial charge < -0.3 is 43.4 Å². The molecule has 0 radical (unpaired) electrons. The molecule has 0 aliphatic rings. The van der Waals surface area contributed by atoms with Crippen LogP contribution in [-0.4, -0.2) is 75.9 Å². The summed E-state index contributed by atoms with van der Waals surface area (Å²) in [5.41, 5.74) is 15.5. The fraction of sp³-hybridized carbons (Fsp3) is 0.611. The second-order valence-corrected chi connectivity index (χ2v) is 7.38. The Morgan fingerprint density at radius 3 is 1.70 bits per heavy atom. The highest BCUT2D eigenvalue weighted by atomic mass is 16.4. The summed E-state index contributed by atoms with van der Waals surface area (Å²) in [7, 11) is 0. The second-order valence-electron chi connectivity index (χ2n) is 7.38. The number of hydrogen-bond donors (Lipinski definition) is 8. The SMILES string of the molecule is CCC(C)C(NC(=O)C(N)CC(N)=O)C(=O)NC(CC(=O)O)C(=O)NC(CC(N)=O)C(=O)O. The molecule has 0 aliphatic carbocycles. The maximum Gasteiger partial charge on any atom is 0.326 e. The van der Waals surface area contributed by atoms with E-state index in [4.69, 9.17) is 27.4 Å². The predicted octanol–water partition coefficient (Wildman–Crippen LogP) is -3.88. The normalized spacial score (nSPS) is 15.1. The Morgan fingerprint density at radius 1 is 0.758 bits per heavy atom. The third-order valence-corrected chi connectivity index (χ3v) is 4.58. The zero-order chi connectivity index (χ0) is 25.9. The summed E-state index contributed by atoms with van der Waals surface area (Å²) in [5, 5.41) is 24.6. The lowest BCUT2D eigenvalue weighted by Crippen LogP contribution is -2.59. The summed E-state index contributed by atoms with van der Waals surface area (Å²) in [5.74, 6) is -8.50. The van der Waals surface area contributed by atoms with Crippen LogP contribution in [-0.2, 0) is 33.6 Å². The summed E-state index contributed by atoms with van der Waals surface area (Å²) in [6.45, 7) is 3.28. The number of carbonyl (C=O) groups is 7. The Morgan fingerprint density at radius 2 is 1.27 bits per heavy atom. The zero-order valence-electron chi connectivity index (χ0n) is 18.2. The van der Waals surface area contributed by atoms with E-state index in [0.717, 1.165) is 0 Å². The van der Waals surface area contributed by atoms with Crippen molar-refractivity contribution in [2.24, 2.45) is 23.1 Å². The minimum Gasteiger partial charge on any atom is -0.481 e. The standard InChI is InChI=1S/C18H30N6O9/c1-3-7(2)14(24-15(29)8(19)4-11(20)25)17(31)22-9(6-13(27)28)16(30)23-10(18(32)33)5-12(21)26/h7-10,14H,3-6,19H2,1-2H3,(H2,20,25)(H2,21,26)(H,22,31)(H,23,30)(H,24,29)(H,27,28)(H,32,33). The molecule has 0 fully saturated rings. The number of carbonyl (C=O) groups excluding carboxylic acids is 5. The van der Waals surface area contributed by atoms with Crippen molar-refractivity contribution < 1.29 is 43.8 Å². The molecule has 0 saturated carbocycles. The van der Waals surface area contributed by atoms with Crippen molar-refractivity contribution in [3.8, 4) is 0 Å². The number of carboxylic acid groups (broad SMARTS) is 2. The van der Waals surface area contributed by atoms with Gasteiger partial charge in [-0.25, -0.2) is 4.79 Å². The van der Waals surface area contributed by atoms with Crippen LogP contribution in [0.5, 0.6) is 0 Å². The lowest BCUT2D eigenvalue weighted by Gasteiger charge is -2.27. The van der Waals surface area contributed by atoms with E-state index in [1.165, 1.54) is 0 Å². The lowest BCUT2D eigenvalue weighted by molar-refractivity contribution is -0.145. The minimum absolute atomic E-state index is 0.374. The van der Waals surface area contributed by atoms with Gasteiger partial charge in [0.1, 0.15) is 18.1 Å². The van der Waals surface area contributed by atoms with E-state index in [-0.39, 0.29) is 0 Å². The Hall–Kier alpha value is -3.75. The van der Waals surface area contributed by atoms with Gasteiger partial charge >= 0.3 is 11.9 Å². The number of primary amides is 2. The lowest BCUT2D eigenvalue weighted by atomic mass is 9.97. The Balaban J connectivity index is 5.61. The molecule has 5 atom stereocenters. The topological polar surface area (TPSA) is 274 Å². The van der Waals surface area contributed by atoms with Gasteiger partial charge in [0.25, 0.3) is 0 Å². The van der Waals surface area contributed by atoms with Gasteiger partial charge in [0.15, 0.2) is 0 Å². The van der Waals surface area contributed by atoms with E-state index >= 15 is 0 Å². The van der Waals surface area contributed by atoms with Crippen LogP contribution in [0.4, 0.5) is 0 Å². The molecular formula is C18H30N6O9. The molecule has 0 rings (SSSR count). The van der Waals surface area contributed by atoms with Gasteiger partial charge in [-0.2, -0.15) is 0 Å². The molecule has 0 aromatic heterocycles. The van der Waals surface area contributed by atoms with Crippen molar-refractivity contribution in [3.63, 3.8) is 0 Å². The van der Waals surface area contributed by atoms with E-state index in [0.29, 0.717) is 6.42 Å². The minimum atomic E-state index is -1.75. The quantitative estimate of drug-likeness (QED) is 0.114. The van der Waals surface area contributed by atoms with Crippen LogP contribution >= 0.6 is 0 Å². The van der Waals surface area contributed by atoms with Crippen molar-refractivity contribution in [2.45, 2.75) is 63.7 Å². The van der Waals surface area contributed by atoms with Crippen molar-refractivity contribution in [1.29, 1.82) is 0 Å². The fourth-order valence-electron chi connectivity index (χ4n) is 2.59. The molecule has 5 unspecified atom stereocenters. The maximum atomic E-state index is 12.8. The number of rotatable bonds is 15. The van der Waals surface area contributed by atoms with Crippen LogP contribution in [0.2, 0.25) is 0 Å². The molecule has 0 aliphatic heterocycles. The van der Waals surface area contributed by atoms with Crippen LogP contribution in [0, 0.1) is 5.92 Å². The largest absolute Gasteiger partial charge is 0.481 e. The van der Waals surface area contributed by atoms with Gasteiger partial charge in [-0.05, 0) is 5.92 Å². The van der Waals surface area contributed by atoms with Crippen molar-refractivity contribution in [3.05, 3.63) is 0 Å². The number of amides is 5. The highest BCUT2D eigenvalue weighted by Crippen LogP contribution is 2.10. The van der Waals surface area contributed by atoms with Crippen molar-refractivity contribution in [2.75, 3.05) is 0 Å². The van der Waals surface area contributed by atoms with Gasteiger partial charge in [-0.15, -0.1) is 0 Å². The molecule has 15 nitrogen and oxygen atoms in total. The van der Waals surface area contributed by atoms with Crippen molar-refractivity contribution >= 4 is 41.5 Å². The molecule has 0 heterocycles. The molecule has 15 heteroatoms. The van der Waals surface area contributed by atoms with E-state index in [1.54, 1.807) is 13.8 Å². The average molecular weight is 474 g/mol. The fourth-order valence-corrected chi connectivity index (χ4v) is 2.59. The van der Waals surface area contributed by atoms with Crippen LogP contribution < -0.4 is 33.2 Å². The Labute approximate surface area is 188 Å². The molecule has 0 saturated heterocycles. The first-order valence-electron chi connectivity index (χ1n) is 9.87. The molecular weight excluding hydrogens is 444 g/mol. The van der Waals surface area contributed by atoms with Gasteiger partial charge in [0.05, 0.1) is 25.3 Å². The monoisotopic (exact) mass is 474 g/mol. The molecule has 186 valence electrons. The van der Waals surface area contributed by atoms with E-state index in [1.807, 2.05) is 5.32 Å². The van der Waals surface area contributed by atoms with Crippen LogP contribution in [0.25, 0.3) is 0 Å². The Bertz CT molecular complexity index is 787. The average Bonchev–Trinajstić information content (AvgIpc) is 2.68. The molecule has 33 heavy (non-hydrogen) atoms. The number of hydrogen-bond acceptors (Lipinski definition) is 8. The highest BCUT2D eigenvalue weighted by molar-refractivity contribution is 5.96. The summed E-state index contributed by atoms with van der Waals surface area (Å²) in [6.07, 6.45) is -1.80. The van der Waals surface area contributed by atoms with Crippen LogP contribution in [0.3, 0.4) is 0 Å². The maximum absolute atomic E-state index is 12.8. The van der Waals surface area contributed by atoms with E-state index < -0.39 is 90.8 Å². The number of aliphatic carboxylic acids is 2. The molecule has 5 amide bonds. The first-order valence-corrected chi connectivity index (χ1v) is 9.87. The first-order chi connectivity index (χ1) is 15.2. The van der Waals surface area contributed by atoms with Crippen molar-refractivity contribution in [1.82, 2.24) is 16.0 Å². The van der Waals surface area contributed by atoms with E-state index in [2.05, 4.69) is 10.6 Å². The highest BCUT2D eigenvalue weighted by Gasteiger charge is 2.33. The van der Waals surface area contributed by atoms with Gasteiger partial charge in [0.2, 0.25) is 29.5 Å². The van der Waals surface area contributed by atoms with Gasteiger partial charge in [-0.1, -0.05) is 20.3 Å².